The van der Waals surface area contributed by atoms with Crippen molar-refractivity contribution in [1.29, 1.82) is 0 Å². The molecule has 4 rings (SSSR count). The van der Waals surface area contributed by atoms with Gasteiger partial charge in [-0.3, -0.25) is 9.59 Å². The summed E-state index contributed by atoms with van der Waals surface area (Å²) in [5.74, 6) is 1.69. The van der Waals surface area contributed by atoms with Gasteiger partial charge < -0.3 is 19.1 Å². The number of hydrogen-bond donors (Lipinski definition) is 1. The highest BCUT2D eigenvalue weighted by molar-refractivity contribution is 5.96. The van der Waals surface area contributed by atoms with Gasteiger partial charge in [0.05, 0.1) is 17.2 Å². The summed E-state index contributed by atoms with van der Waals surface area (Å²) in [6, 6.07) is 11.3. The molecule has 150 valence electrons. The smallest absolute Gasteiger partial charge is 0.257 e. The maximum atomic E-state index is 13.1. The number of furan rings is 2. The number of carbonyl (C=O) groups excluding carboxylic acids is 2. The number of benzene rings is 1. The third-order valence-electron chi connectivity index (χ3n) is 5.39. The Balaban J connectivity index is 1.60. The van der Waals surface area contributed by atoms with Crippen LogP contribution in [0.5, 0.6) is 0 Å². The third kappa shape index (κ3) is 3.70. The van der Waals surface area contributed by atoms with Gasteiger partial charge in [-0.25, -0.2) is 0 Å². The van der Waals surface area contributed by atoms with Crippen LogP contribution in [0.15, 0.2) is 51.5 Å². The van der Waals surface area contributed by atoms with Crippen molar-refractivity contribution in [2.45, 2.75) is 33.2 Å². The molecule has 1 atom stereocenters. The second kappa shape index (κ2) is 7.62. The van der Waals surface area contributed by atoms with Crippen molar-refractivity contribution in [2.75, 3.05) is 13.1 Å². The molecular weight excluding hydrogens is 368 g/mol. The van der Waals surface area contributed by atoms with E-state index in [1.54, 1.807) is 19.1 Å². The summed E-state index contributed by atoms with van der Waals surface area (Å²) >= 11 is 0. The van der Waals surface area contributed by atoms with Crippen molar-refractivity contribution < 1.29 is 18.4 Å². The van der Waals surface area contributed by atoms with Gasteiger partial charge in [-0.05, 0) is 50.5 Å². The van der Waals surface area contributed by atoms with Crippen molar-refractivity contribution in [3.05, 3.63) is 82.2 Å². The van der Waals surface area contributed by atoms with E-state index < -0.39 is 0 Å². The number of fused-ring (bicyclic) bond motifs is 1. The first kappa shape index (κ1) is 19.1. The van der Waals surface area contributed by atoms with Crippen LogP contribution in [0.2, 0.25) is 0 Å². The van der Waals surface area contributed by atoms with E-state index in [1.807, 2.05) is 36.9 Å². The number of aryl methyl sites for hydroxylation is 3. The van der Waals surface area contributed by atoms with E-state index >= 15 is 0 Å². The van der Waals surface area contributed by atoms with Crippen LogP contribution in [0.1, 0.15) is 55.2 Å². The Morgan fingerprint density at radius 3 is 2.62 bits per heavy atom. The van der Waals surface area contributed by atoms with Crippen molar-refractivity contribution in [3.63, 3.8) is 0 Å². The van der Waals surface area contributed by atoms with E-state index in [-0.39, 0.29) is 17.9 Å². The van der Waals surface area contributed by atoms with Crippen molar-refractivity contribution in [1.82, 2.24) is 10.2 Å². The molecule has 1 aromatic carbocycles. The monoisotopic (exact) mass is 392 g/mol. The highest BCUT2D eigenvalue weighted by Gasteiger charge is 2.32. The molecule has 6 heteroatoms. The first-order valence-corrected chi connectivity index (χ1v) is 9.73. The van der Waals surface area contributed by atoms with E-state index in [2.05, 4.69) is 11.4 Å². The molecule has 1 aliphatic rings. The maximum Gasteiger partial charge on any atom is 0.257 e. The van der Waals surface area contributed by atoms with E-state index in [0.717, 1.165) is 12.0 Å². The number of amides is 2. The summed E-state index contributed by atoms with van der Waals surface area (Å²) in [5, 5.41) is 2.99. The summed E-state index contributed by atoms with van der Waals surface area (Å²) in [5.41, 5.74) is 3.32. The fraction of sp³-hybridized carbons (Fsp3) is 0.304. The molecule has 1 N–H and O–H groups in total. The summed E-state index contributed by atoms with van der Waals surface area (Å²) in [6.45, 7) is 6.31. The molecule has 29 heavy (non-hydrogen) atoms. The molecular formula is C23H24N2O4. The van der Waals surface area contributed by atoms with Gasteiger partial charge in [0.1, 0.15) is 23.5 Å². The van der Waals surface area contributed by atoms with Crippen LogP contribution in [-0.4, -0.2) is 29.8 Å². The molecule has 3 aromatic rings. The lowest BCUT2D eigenvalue weighted by molar-refractivity contribution is 0.0647. The van der Waals surface area contributed by atoms with Gasteiger partial charge in [-0.2, -0.15) is 0 Å². The minimum atomic E-state index is -0.250. The predicted octanol–water partition coefficient (Wildman–Crippen LogP) is 3.97. The molecule has 3 heterocycles. The number of rotatable bonds is 4. The number of nitrogens with zero attached hydrogens (tertiary/aromatic N) is 1. The fourth-order valence-electron chi connectivity index (χ4n) is 3.98. The molecule has 0 spiro atoms. The van der Waals surface area contributed by atoms with Gasteiger partial charge in [0.2, 0.25) is 0 Å². The van der Waals surface area contributed by atoms with Gasteiger partial charge in [-0.1, -0.05) is 24.3 Å². The maximum absolute atomic E-state index is 13.1. The van der Waals surface area contributed by atoms with Crippen LogP contribution in [0.4, 0.5) is 0 Å². The lowest BCUT2D eigenvalue weighted by Gasteiger charge is -2.37. The summed E-state index contributed by atoms with van der Waals surface area (Å²) in [7, 11) is 0. The lowest BCUT2D eigenvalue weighted by atomic mass is 9.92. The van der Waals surface area contributed by atoms with Crippen LogP contribution in [0, 0.1) is 20.8 Å². The van der Waals surface area contributed by atoms with Crippen LogP contribution in [-0.2, 0) is 6.42 Å². The molecule has 2 aromatic heterocycles. The van der Waals surface area contributed by atoms with Crippen LogP contribution >= 0.6 is 0 Å². The van der Waals surface area contributed by atoms with Crippen molar-refractivity contribution in [3.8, 4) is 0 Å². The lowest BCUT2D eigenvalue weighted by Crippen LogP contribution is -2.45. The standard InChI is InChI=1S/C23H24N2O4/c1-14-10-18(13-28-14)23(27)25-9-8-17-6-4-5-7-19(17)21(25)12-24-22(26)20-11-15(2)29-16(20)3/h4-7,10-11,13,21H,8-9,12H2,1-3H3,(H,24,26). The molecule has 0 bridgehead atoms. The normalized spacial score (nSPS) is 15.8. The van der Waals surface area contributed by atoms with Gasteiger partial charge >= 0.3 is 0 Å². The van der Waals surface area contributed by atoms with Crippen LogP contribution in [0.25, 0.3) is 0 Å². The van der Waals surface area contributed by atoms with E-state index in [1.165, 1.54) is 11.8 Å². The summed E-state index contributed by atoms with van der Waals surface area (Å²) in [6.07, 6.45) is 2.27. The number of nitrogens with one attached hydrogen (secondary N) is 1. The molecule has 0 fully saturated rings. The molecule has 0 radical (unpaired) electrons. The molecule has 6 nitrogen and oxygen atoms in total. The largest absolute Gasteiger partial charge is 0.469 e. The first-order valence-electron chi connectivity index (χ1n) is 9.73. The Bertz CT molecular complexity index is 1060. The Kier molecular flexibility index (Phi) is 5.01. The summed E-state index contributed by atoms with van der Waals surface area (Å²) < 4.78 is 10.8. The fourth-order valence-corrected chi connectivity index (χ4v) is 3.98. The Morgan fingerprint density at radius 1 is 1.14 bits per heavy atom. The summed E-state index contributed by atoms with van der Waals surface area (Å²) in [4.78, 5) is 27.7. The van der Waals surface area contributed by atoms with Crippen LogP contribution < -0.4 is 5.32 Å². The van der Waals surface area contributed by atoms with Crippen molar-refractivity contribution in [2.24, 2.45) is 0 Å². The van der Waals surface area contributed by atoms with Gasteiger partial charge in [0, 0.05) is 13.1 Å². The van der Waals surface area contributed by atoms with E-state index in [9.17, 15) is 9.59 Å². The zero-order valence-corrected chi connectivity index (χ0v) is 16.8. The second-order valence-electron chi connectivity index (χ2n) is 7.45. The van der Waals surface area contributed by atoms with Crippen LogP contribution in [0.3, 0.4) is 0 Å². The Morgan fingerprint density at radius 2 is 1.93 bits per heavy atom. The minimum Gasteiger partial charge on any atom is -0.469 e. The predicted molar refractivity (Wildman–Crippen MR) is 108 cm³/mol. The molecule has 1 aliphatic heterocycles. The Hall–Kier alpha value is -3.28. The van der Waals surface area contributed by atoms with Crippen molar-refractivity contribution >= 4 is 11.8 Å². The zero-order valence-electron chi connectivity index (χ0n) is 16.8. The second-order valence-corrected chi connectivity index (χ2v) is 7.45. The molecule has 0 saturated carbocycles. The van der Waals surface area contributed by atoms with Gasteiger partial charge in [0.15, 0.2) is 0 Å². The molecule has 1 unspecified atom stereocenters. The first-order chi connectivity index (χ1) is 13.9. The van der Waals surface area contributed by atoms with E-state index in [0.29, 0.717) is 41.5 Å². The SMILES string of the molecule is Cc1cc(C(=O)N2CCc3ccccc3C2CNC(=O)c2cc(C)oc2C)co1. The molecule has 0 saturated heterocycles. The highest BCUT2D eigenvalue weighted by Crippen LogP contribution is 2.31. The zero-order chi connectivity index (χ0) is 20.5. The molecule has 2 amide bonds. The minimum absolute atomic E-state index is 0.0917. The third-order valence-corrected chi connectivity index (χ3v) is 5.39. The Labute approximate surface area is 169 Å². The van der Waals surface area contributed by atoms with Gasteiger partial charge in [-0.15, -0.1) is 0 Å². The highest BCUT2D eigenvalue weighted by atomic mass is 16.3. The number of hydrogen-bond acceptors (Lipinski definition) is 4. The topological polar surface area (TPSA) is 75.7 Å². The molecule has 0 aliphatic carbocycles. The average Bonchev–Trinajstić information content (AvgIpc) is 3.29. The van der Waals surface area contributed by atoms with E-state index in [4.69, 9.17) is 8.83 Å². The van der Waals surface area contributed by atoms with Gasteiger partial charge in [0.25, 0.3) is 11.8 Å². The average molecular weight is 392 g/mol. The number of carbonyl (C=O) groups is 2. The quantitative estimate of drug-likeness (QED) is 0.729.